The average Bonchev–Trinajstić information content (AvgIpc) is 3.07. The minimum atomic E-state index is -0.708. The van der Waals surface area contributed by atoms with Gasteiger partial charge in [-0.3, -0.25) is 9.48 Å². The molecule has 1 saturated carbocycles. The largest absolute Gasteiger partial charge is 0.481 e. The Morgan fingerprint density at radius 2 is 2.19 bits per heavy atom. The number of aliphatic carboxylic acids is 1. The molecule has 0 bridgehead atoms. The smallest absolute Gasteiger partial charge is 0.307 e. The van der Waals surface area contributed by atoms with E-state index in [2.05, 4.69) is 28.9 Å². The summed E-state index contributed by atoms with van der Waals surface area (Å²) in [5.41, 5.74) is 1.16. The molecule has 1 unspecified atom stereocenters. The Balaban J connectivity index is 1.85. The van der Waals surface area contributed by atoms with Crippen LogP contribution < -0.4 is 5.32 Å². The lowest BCUT2D eigenvalue weighted by molar-refractivity contribution is -0.142. The van der Waals surface area contributed by atoms with Crippen LogP contribution in [0.5, 0.6) is 0 Å². The van der Waals surface area contributed by atoms with Gasteiger partial charge in [-0.15, -0.1) is 0 Å². The second kappa shape index (κ2) is 7.59. The number of carboxylic acid groups (broad SMARTS) is 1. The summed E-state index contributed by atoms with van der Waals surface area (Å²) in [4.78, 5) is 11.2. The van der Waals surface area contributed by atoms with Crippen LogP contribution in [0.3, 0.4) is 0 Å². The van der Waals surface area contributed by atoms with E-state index in [9.17, 15) is 9.90 Å². The first-order valence-electron chi connectivity index (χ1n) is 8.04. The molecule has 118 valence electrons. The van der Waals surface area contributed by atoms with Gasteiger partial charge in [-0.05, 0) is 31.2 Å². The van der Waals surface area contributed by atoms with E-state index >= 15 is 0 Å². The highest BCUT2D eigenvalue weighted by Crippen LogP contribution is 2.29. The Labute approximate surface area is 126 Å². The van der Waals surface area contributed by atoms with Crippen LogP contribution in [0, 0.1) is 11.8 Å². The van der Waals surface area contributed by atoms with Gasteiger partial charge in [0, 0.05) is 19.3 Å². The molecular formula is C16H27N3O2. The molecule has 0 radical (unpaired) electrons. The van der Waals surface area contributed by atoms with Crippen LogP contribution in [0.15, 0.2) is 12.3 Å². The molecule has 2 rings (SSSR count). The summed E-state index contributed by atoms with van der Waals surface area (Å²) in [5.74, 6) is -0.620. The van der Waals surface area contributed by atoms with Crippen molar-refractivity contribution in [2.75, 3.05) is 6.54 Å². The molecule has 5 nitrogen and oxygen atoms in total. The van der Waals surface area contributed by atoms with Gasteiger partial charge in [0.1, 0.15) is 0 Å². The maximum atomic E-state index is 11.2. The highest BCUT2D eigenvalue weighted by Gasteiger charge is 2.21. The molecule has 1 aromatic rings. The quantitative estimate of drug-likeness (QED) is 0.773. The number of rotatable bonds is 8. The van der Waals surface area contributed by atoms with Gasteiger partial charge >= 0.3 is 5.97 Å². The predicted octanol–water partition coefficient (Wildman–Crippen LogP) is 2.83. The summed E-state index contributed by atoms with van der Waals surface area (Å²) >= 11 is 0. The molecule has 1 fully saturated rings. The van der Waals surface area contributed by atoms with Gasteiger partial charge < -0.3 is 10.4 Å². The van der Waals surface area contributed by atoms with Crippen molar-refractivity contribution in [1.82, 2.24) is 15.1 Å². The van der Waals surface area contributed by atoms with E-state index in [1.807, 2.05) is 12.3 Å². The van der Waals surface area contributed by atoms with Crippen molar-refractivity contribution < 1.29 is 9.90 Å². The number of hydrogen-bond donors (Lipinski definition) is 2. The van der Waals surface area contributed by atoms with Crippen LogP contribution in [0.4, 0.5) is 0 Å². The molecule has 0 amide bonds. The number of nitrogens with one attached hydrogen (secondary N) is 1. The third-order valence-corrected chi connectivity index (χ3v) is 4.22. The Morgan fingerprint density at radius 1 is 1.48 bits per heavy atom. The van der Waals surface area contributed by atoms with Crippen molar-refractivity contribution in [3.63, 3.8) is 0 Å². The van der Waals surface area contributed by atoms with Crippen LogP contribution in [0.1, 0.15) is 57.7 Å². The minimum absolute atomic E-state index is 0.312. The fourth-order valence-corrected chi connectivity index (χ4v) is 3.17. The zero-order valence-corrected chi connectivity index (χ0v) is 13.1. The van der Waals surface area contributed by atoms with Crippen LogP contribution in [0.2, 0.25) is 0 Å². The zero-order valence-electron chi connectivity index (χ0n) is 13.1. The number of carboxylic acids is 1. The average molecular weight is 293 g/mol. The molecule has 0 spiro atoms. The summed E-state index contributed by atoms with van der Waals surface area (Å²) in [6.45, 7) is 5.33. The normalized spacial score (nSPS) is 17.5. The van der Waals surface area contributed by atoms with E-state index in [4.69, 9.17) is 0 Å². The standard InChI is InChI=1S/C16H27N3O2/c1-12(2)9-13(16(20)21)10-17-11-15-7-8-18-19(15)14-5-3-4-6-14/h7-8,12-14,17H,3-6,9-11H2,1-2H3,(H,20,21). The number of nitrogens with zero attached hydrogens (tertiary/aromatic N) is 2. The molecule has 1 atom stereocenters. The summed E-state index contributed by atoms with van der Waals surface area (Å²) in [6.07, 6.45) is 7.54. The molecule has 1 aliphatic carbocycles. The Bertz CT molecular complexity index is 450. The molecule has 5 heteroatoms. The Morgan fingerprint density at radius 3 is 2.81 bits per heavy atom. The maximum Gasteiger partial charge on any atom is 0.307 e. The molecular weight excluding hydrogens is 266 g/mol. The Hall–Kier alpha value is -1.36. The van der Waals surface area contributed by atoms with Crippen LogP contribution >= 0.6 is 0 Å². The van der Waals surface area contributed by atoms with E-state index < -0.39 is 5.97 Å². The highest BCUT2D eigenvalue weighted by molar-refractivity contribution is 5.70. The SMILES string of the molecule is CC(C)CC(CNCc1ccnn1C1CCCC1)C(=O)O. The monoisotopic (exact) mass is 293 g/mol. The summed E-state index contributed by atoms with van der Waals surface area (Å²) in [7, 11) is 0. The van der Waals surface area contributed by atoms with Crippen molar-refractivity contribution >= 4 is 5.97 Å². The van der Waals surface area contributed by atoms with Crippen LogP contribution in [-0.2, 0) is 11.3 Å². The lowest BCUT2D eigenvalue weighted by Crippen LogP contribution is -2.30. The lowest BCUT2D eigenvalue weighted by atomic mass is 9.97. The maximum absolute atomic E-state index is 11.2. The number of carbonyl (C=O) groups is 1. The number of aromatic nitrogens is 2. The van der Waals surface area contributed by atoms with Crippen molar-refractivity contribution in [2.24, 2.45) is 11.8 Å². The zero-order chi connectivity index (χ0) is 15.2. The van der Waals surface area contributed by atoms with E-state index in [0.29, 0.717) is 31.5 Å². The fourth-order valence-electron chi connectivity index (χ4n) is 3.17. The van der Waals surface area contributed by atoms with Crippen molar-refractivity contribution in [3.05, 3.63) is 18.0 Å². The van der Waals surface area contributed by atoms with E-state index in [1.54, 1.807) is 0 Å². The topological polar surface area (TPSA) is 67.2 Å². The predicted molar refractivity (Wildman–Crippen MR) is 82.0 cm³/mol. The summed E-state index contributed by atoms with van der Waals surface area (Å²) in [5, 5.41) is 17.0. The molecule has 21 heavy (non-hydrogen) atoms. The van der Waals surface area contributed by atoms with E-state index in [1.165, 1.54) is 25.7 Å². The molecule has 0 aliphatic heterocycles. The Kier molecular flexibility index (Phi) is 5.79. The fraction of sp³-hybridized carbons (Fsp3) is 0.750. The summed E-state index contributed by atoms with van der Waals surface area (Å²) in [6, 6.07) is 2.56. The van der Waals surface area contributed by atoms with Crippen molar-refractivity contribution in [2.45, 2.75) is 58.5 Å². The van der Waals surface area contributed by atoms with E-state index in [-0.39, 0.29) is 5.92 Å². The highest BCUT2D eigenvalue weighted by atomic mass is 16.4. The third kappa shape index (κ3) is 4.56. The molecule has 1 heterocycles. The molecule has 1 aromatic heterocycles. The lowest BCUT2D eigenvalue weighted by Gasteiger charge is -2.17. The first kappa shape index (κ1) is 16.0. The molecule has 1 aliphatic rings. The van der Waals surface area contributed by atoms with Crippen LogP contribution in [-0.4, -0.2) is 27.4 Å². The van der Waals surface area contributed by atoms with Gasteiger partial charge in [-0.1, -0.05) is 26.7 Å². The first-order chi connectivity index (χ1) is 10.1. The van der Waals surface area contributed by atoms with Gasteiger partial charge in [0.2, 0.25) is 0 Å². The van der Waals surface area contributed by atoms with Gasteiger partial charge in [0.25, 0.3) is 0 Å². The van der Waals surface area contributed by atoms with Crippen molar-refractivity contribution in [3.8, 4) is 0 Å². The van der Waals surface area contributed by atoms with Crippen LogP contribution in [0.25, 0.3) is 0 Å². The summed E-state index contributed by atoms with van der Waals surface area (Å²) < 4.78 is 2.12. The second-order valence-electron chi connectivity index (χ2n) is 6.50. The molecule has 2 N–H and O–H groups in total. The third-order valence-electron chi connectivity index (χ3n) is 4.22. The number of hydrogen-bond acceptors (Lipinski definition) is 3. The van der Waals surface area contributed by atoms with E-state index in [0.717, 1.165) is 5.69 Å². The molecule has 0 aromatic carbocycles. The minimum Gasteiger partial charge on any atom is -0.481 e. The van der Waals surface area contributed by atoms with Gasteiger partial charge in [-0.25, -0.2) is 0 Å². The molecule has 0 saturated heterocycles. The second-order valence-corrected chi connectivity index (χ2v) is 6.50. The van der Waals surface area contributed by atoms with Gasteiger partial charge in [0.05, 0.1) is 17.7 Å². The first-order valence-corrected chi connectivity index (χ1v) is 8.04. The van der Waals surface area contributed by atoms with Gasteiger partial charge in [0.15, 0.2) is 0 Å². The van der Waals surface area contributed by atoms with Crippen molar-refractivity contribution in [1.29, 1.82) is 0 Å². The van der Waals surface area contributed by atoms with Gasteiger partial charge in [-0.2, -0.15) is 5.10 Å².